The first kappa shape index (κ1) is 15.7. The molecule has 1 saturated heterocycles. The normalized spacial score (nSPS) is 17.1. The molecule has 3 rings (SSSR count). The molecule has 122 valence electrons. The van der Waals surface area contributed by atoms with Crippen molar-refractivity contribution in [3.05, 3.63) is 42.5 Å². The lowest BCUT2D eigenvalue weighted by molar-refractivity contribution is 0.195. The Morgan fingerprint density at radius 3 is 2.35 bits per heavy atom. The lowest BCUT2D eigenvalue weighted by Gasteiger charge is -2.39. The Kier molecular flexibility index (Phi) is 4.71. The number of pyridine rings is 1. The number of aromatic nitrogens is 3. The minimum atomic E-state index is 0.341. The van der Waals surface area contributed by atoms with Crippen LogP contribution in [0, 0.1) is 0 Å². The SMILES string of the molecule is CC(c1ccccn1)N1CCN(c2nccnc2N(C)C)CC1. The molecule has 2 aromatic heterocycles. The molecule has 1 atom stereocenters. The largest absolute Gasteiger partial charge is 0.360 e. The first-order valence-corrected chi connectivity index (χ1v) is 8.05. The minimum Gasteiger partial charge on any atom is -0.360 e. The summed E-state index contributed by atoms with van der Waals surface area (Å²) < 4.78 is 0. The van der Waals surface area contributed by atoms with Crippen LogP contribution >= 0.6 is 0 Å². The third kappa shape index (κ3) is 3.42. The summed E-state index contributed by atoms with van der Waals surface area (Å²) in [5.41, 5.74) is 1.13. The molecule has 0 amide bonds. The monoisotopic (exact) mass is 312 g/mol. The van der Waals surface area contributed by atoms with E-state index in [0.29, 0.717) is 6.04 Å². The fourth-order valence-electron chi connectivity index (χ4n) is 2.99. The number of hydrogen-bond acceptors (Lipinski definition) is 6. The molecular formula is C17H24N6. The Morgan fingerprint density at radius 1 is 0.957 bits per heavy atom. The van der Waals surface area contributed by atoms with Crippen molar-refractivity contribution in [2.24, 2.45) is 0 Å². The maximum absolute atomic E-state index is 4.54. The molecule has 0 bridgehead atoms. The maximum atomic E-state index is 4.54. The van der Waals surface area contributed by atoms with Gasteiger partial charge < -0.3 is 9.80 Å². The molecule has 0 aliphatic carbocycles. The Balaban J connectivity index is 1.67. The topological polar surface area (TPSA) is 48.4 Å². The molecule has 1 aliphatic heterocycles. The summed E-state index contributed by atoms with van der Waals surface area (Å²) >= 11 is 0. The fraction of sp³-hybridized carbons (Fsp3) is 0.471. The Hall–Kier alpha value is -2.21. The van der Waals surface area contributed by atoms with E-state index in [1.165, 1.54) is 0 Å². The summed E-state index contributed by atoms with van der Waals surface area (Å²) in [6, 6.07) is 6.46. The van der Waals surface area contributed by atoms with Crippen LogP contribution in [0.5, 0.6) is 0 Å². The quantitative estimate of drug-likeness (QED) is 0.858. The second kappa shape index (κ2) is 6.91. The maximum Gasteiger partial charge on any atom is 0.172 e. The molecule has 6 nitrogen and oxygen atoms in total. The summed E-state index contributed by atoms with van der Waals surface area (Å²) in [4.78, 5) is 20.3. The van der Waals surface area contributed by atoms with Crippen molar-refractivity contribution in [2.45, 2.75) is 13.0 Å². The highest BCUT2D eigenvalue weighted by Crippen LogP contribution is 2.26. The molecule has 3 heterocycles. The van der Waals surface area contributed by atoms with Crippen LogP contribution in [-0.2, 0) is 0 Å². The molecule has 23 heavy (non-hydrogen) atoms. The number of piperazine rings is 1. The van der Waals surface area contributed by atoms with Gasteiger partial charge in [0, 0.05) is 64.9 Å². The highest BCUT2D eigenvalue weighted by molar-refractivity contribution is 5.61. The Labute approximate surface area is 137 Å². The molecule has 6 heteroatoms. The predicted octanol–water partition coefficient (Wildman–Crippen LogP) is 1.82. The average Bonchev–Trinajstić information content (AvgIpc) is 2.62. The molecule has 0 radical (unpaired) electrons. The van der Waals surface area contributed by atoms with Crippen LogP contribution in [0.1, 0.15) is 18.7 Å². The molecule has 0 aromatic carbocycles. The van der Waals surface area contributed by atoms with E-state index in [1.807, 2.05) is 31.3 Å². The van der Waals surface area contributed by atoms with Gasteiger partial charge in [0.1, 0.15) is 0 Å². The van der Waals surface area contributed by atoms with Crippen molar-refractivity contribution >= 4 is 11.6 Å². The van der Waals surface area contributed by atoms with Gasteiger partial charge in [0.25, 0.3) is 0 Å². The van der Waals surface area contributed by atoms with Gasteiger partial charge in [0.15, 0.2) is 11.6 Å². The third-order valence-corrected chi connectivity index (χ3v) is 4.36. The summed E-state index contributed by atoms with van der Waals surface area (Å²) in [5.74, 6) is 1.90. The first-order valence-electron chi connectivity index (χ1n) is 8.05. The van der Waals surface area contributed by atoms with Crippen molar-refractivity contribution in [1.82, 2.24) is 19.9 Å². The number of hydrogen-bond donors (Lipinski definition) is 0. The number of rotatable bonds is 4. The van der Waals surface area contributed by atoms with Gasteiger partial charge in [-0.15, -0.1) is 0 Å². The van der Waals surface area contributed by atoms with Gasteiger partial charge >= 0.3 is 0 Å². The van der Waals surface area contributed by atoms with Crippen molar-refractivity contribution in [1.29, 1.82) is 0 Å². The van der Waals surface area contributed by atoms with Gasteiger partial charge in [-0.1, -0.05) is 6.07 Å². The zero-order chi connectivity index (χ0) is 16.2. The van der Waals surface area contributed by atoms with Crippen molar-refractivity contribution in [3.8, 4) is 0 Å². The van der Waals surface area contributed by atoms with Crippen LogP contribution in [0.25, 0.3) is 0 Å². The fourth-order valence-corrected chi connectivity index (χ4v) is 2.99. The Morgan fingerprint density at radius 2 is 1.70 bits per heavy atom. The van der Waals surface area contributed by atoms with Gasteiger partial charge in [-0.05, 0) is 19.1 Å². The summed E-state index contributed by atoms with van der Waals surface area (Å²) in [6.45, 7) is 6.14. The lowest BCUT2D eigenvalue weighted by Crippen LogP contribution is -2.48. The summed E-state index contributed by atoms with van der Waals surface area (Å²) in [7, 11) is 4.01. The molecule has 1 aliphatic rings. The zero-order valence-electron chi connectivity index (χ0n) is 14.1. The van der Waals surface area contributed by atoms with Crippen LogP contribution in [0.15, 0.2) is 36.8 Å². The van der Waals surface area contributed by atoms with Crippen LogP contribution < -0.4 is 9.80 Å². The second-order valence-corrected chi connectivity index (χ2v) is 6.05. The zero-order valence-corrected chi connectivity index (χ0v) is 14.1. The molecule has 0 spiro atoms. The van der Waals surface area contributed by atoms with Gasteiger partial charge in [-0.25, -0.2) is 9.97 Å². The van der Waals surface area contributed by atoms with Gasteiger partial charge in [-0.2, -0.15) is 0 Å². The average molecular weight is 312 g/mol. The number of anilines is 2. The second-order valence-electron chi connectivity index (χ2n) is 6.05. The standard InChI is InChI=1S/C17H24N6/c1-14(15-6-4-5-7-18-15)22-10-12-23(13-11-22)17-16(21(2)3)19-8-9-20-17/h4-9,14H,10-13H2,1-3H3. The van der Waals surface area contributed by atoms with E-state index in [2.05, 4.69) is 43.8 Å². The van der Waals surface area contributed by atoms with E-state index in [4.69, 9.17) is 0 Å². The van der Waals surface area contributed by atoms with Crippen LogP contribution in [0.2, 0.25) is 0 Å². The van der Waals surface area contributed by atoms with Gasteiger partial charge in [-0.3, -0.25) is 9.88 Å². The Bertz CT molecular complexity index is 622. The van der Waals surface area contributed by atoms with Crippen molar-refractivity contribution < 1.29 is 0 Å². The highest BCUT2D eigenvalue weighted by atomic mass is 15.3. The van der Waals surface area contributed by atoms with Crippen LogP contribution in [0.3, 0.4) is 0 Å². The summed E-state index contributed by atoms with van der Waals surface area (Å²) in [5, 5.41) is 0. The first-order chi connectivity index (χ1) is 11.2. The molecule has 1 unspecified atom stereocenters. The van der Waals surface area contributed by atoms with E-state index in [0.717, 1.165) is 43.5 Å². The highest BCUT2D eigenvalue weighted by Gasteiger charge is 2.25. The van der Waals surface area contributed by atoms with E-state index in [9.17, 15) is 0 Å². The van der Waals surface area contributed by atoms with E-state index < -0.39 is 0 Å². The lowest BCUT2D eigenvalue weighted by atomic mass is 10.1. The number of nitrogens with zero attached hydrogens (tertiary/aromatic N) is 6. The van der Waals surface area contributed by atoms with Gasteiger partial charge in [0.05, 0.1) is 5.69 Å². The minimum absolute atomic E-state index is 0.341. The van der Waals surface area contributed by atoms with Gasteiger partial charge in [0.2, 0.25) is 0 Å². The van der Waals surface area contributed by atoms with Crippen LogP contribution in [0.4, 0.5) is 11.6 Å². The van der Waals surface area contributed by atoms with E-state index >= 15 is 0 Å². The molecular weight excluding hydrogens is 288 g/mol. The van der Waals surface area contributed by atoms with Crippen molar-refractivity contribution in [3.63, 3.8) is 0 Å². The molecule has 2 aromatic rings. The molecule has 0 saturated carbocycles. The third-order valence-electron chi connectivity index (χ3n) is 4.36. The molecule has 0 N–H and O–H groups in total. The van der Waals surface area contributed by atoms with Crippen LogP contribution in [-0.4, -0.2) is 60.1 Å². The van der Waals surface area contributed by atoms with Crippen molar-refractivity contribution in [2.75, 3.05) is 50.1 Å². The predicted molar refractivity (Wildman–Crippen MR) is 92.8 cm³/mol. The smallest absolute Gasteiger partial charge is 0.172 e. The van der Waals surface area contributed by atoms with E-state index in [-0.39, 0.29) is 0 Å². The molecule has 1 fully saturated rings. The summed E-state index contributed by atoms with van der Waals surface area (Å²) in [6.07, 6.45) is 5.38. The van der Waals surface area contributed by atoms with E-state index in [1.54, 1.807) is 12.4 Å².